The van der Waals surface area contributed by atoms with Gasteiger partial charge in [-0.05, 0) is 53.6 Å². The number of nitriles is 1. The first-order valence-electron chi connectivity index (χ1n) is 9.44. The Morgan fingerprint density at radius 2 is 1.76 bits per heavy atom. The van der Waals surface area contributed by atoms with Crippen LogP contribution >= 0.6 is 34.8 Å². The summed E-state index contributed by atoms with van der Waals surface area (Å²) in [7, 11) is 1.43. The number of carbonyl (C=O) groups is 1. The summed E-state index contributed by atoms with van der Waals surface area (Å²) in [6.07, 6.45) is 1.35. The van der Waals surface area contributed by atoms with E-state index in [9.17, 15) is 14.4 Å². The number of anilines is 1. The molecule has 3 rings (SSSR count). The van der Waals surface area contributed by atoms with Gasteiger partial charge in [0.05, 0.1) is 27.9 Å². The molecular formula is C24H16Cl3FN2O3. The lowest BCUT2D eigenvalue weighted by atomic mass is 10.1. The van der Waals surface area contributed by atoms with Crippen molar-refractivity contribution in [3.63, 3.8) is 0 Å². The number of nitrogens with one attached hydrogen (secondary N) is 1. The van der Waals surface area contributed by atoms with Crippen LogP contribution in [0.3, 0.4) is 0 Å². The summed E-state index contributed by atoms with van der Waals surface area (Å²) in [6, 6.07) is 15.5. The molecule has 33 heavy (non-hydrogen) atoms. The monoisotopic (exact) mass is 504 g/mol. The summed E-state index contributed by atoms with van der Waals surface area (Å²) in [6.45, 7) is 0.135. The van der Waals surface area contributed by atoms with Crippen molar-refractivity contribution in [1.82, 2.24) is 0 Å². The molecule has 0 saturated carbocycles. The van der Waals surface area contributed by atoms with E-state index in [4.69, 9.17) is 44.3 Å². The van der Waals surface area contributed by atoms with Crippen molar-refractivity contribution < 1.29 is 18.7 Å². The normalized spacial score (nSPS) is 11.0. The molecule has 1 amide bonds. The number of carbonyl (C=O) groups excluding carboxylic acids is 1. The van der Waals surface area contributed by atoms with E-state index in [1.165, 1.54) is 31.4 Å². The Labute approximate surface area is 204 Å². The van der Waals surface area contributed by atoms with Gasteiger partial charge in [0, 0.05) is 0 Å². The van der Waals surface area contributed by atoms with Crippen LogP contribution in [-0.4, -0.2) is 13.0 Å². The first-order valence-corrected chi connectivity index (χ1v) is 10.6. The van der Waals surface area contributed by atoms with Gasteiger partial charge >= 0.3 is 0 Å². The maximum atomic E-state index is 13.1. The van der Waals surface area contributed by atoms with Gasteiger partial charge in [0.25, 0.3) is 5.91 Å². The maximum Gasteiger partial charge on any atom is 0.266 e. The summed E-state index contributed by atoms with van der Waals surface area (Å²) < 4.78 is 24.2. The van der Waals surface area contributed by atoms with Crippen LogP contribution in [0.4, 0.5) is 10.1 Å². The molecule has 5 nitrogen and oxygen atoms in total. The second-order valence-corrected chi connectivity index (χ2v) is 7.89. The number of para-hydroxylation sites is 1. The molecule has 0 aliphatic heterocycles. The van der Waals surface area contributed by atoms with Crippen molar-refractivity contribution in [2.45, 2.75) is 6.61 Å². The van der Waals surface area contributed by atoms with Gasteiger partial charge in [0.15, 0.2) is 11.5 Å². The lowest BCUT2D eigenvalue weighted by Crippen LogP contribution is -2.14. The number of amides is 1. The molecule has 168 valence electrons. The third-order valence-electron chi connectivity index (χ3n) is 4.43. The van der Waals surface area contributed by atoms with E-state index in [0.29, 0.717) is 11.3 Å². The highest BCUT2D eigenvalue weighted by Crippen LogP contribution is 2.38. The molecule has 0 unspecified atom stereocenters. The summed E-state index contributed by atoms with van der Waals surface area (Å²) >= 11 is 18.5. The van der Waals surface area contributed by atoms with Gasteiger partial charge in [-0.15, -0.1) is 0 Å². The molecule has 0 fully saturated rings. The van der Waals surface area contributed by atoms with Crippen LogP contribution in [0.1, 0.15) is 11.1 Å². The molecule has 3 aromatic rings. The Hall–Kier alpha value is -3.24. The third-order valence-corrected chi connectivity index (χ3v) is 5.34. The zero-order chi connectivity index (χ0) is 24.0. The van der Waals surface area contributed by atoms with Crippen LogP contribution in [0, 0.1) is 17.1 Å². The molecular weight excluding hydrogens is 490 g/mol. The van der Waals surface area contributed by atoms with E-state index in [-0.39, 0.29) is 44.5 Å². The summed E-state index contributed by atoms with van der Waals surface area (Å²) in [5.41, 5.74) is 1.17. The highest BCUT2D eigenvalue weighted by Gasteiger charge is 2.16. The Morgan fingerprint density at radius 3 is 2.36 bits per heavy atom. The van der Waals surface area contributed by atoms with Gasteiger partial charge in [-0.2, -0.15) is 5.26 Å². The Kier molecular flexibility index (Phi) is 8.18. The molecule has 0 atom stereocenters. The molecule has 0 aliphatic carbocycles. The fourth-order valence-electron chi connectivity index (χ4n) is 2.81. The van der Waals surface area contributed by atoms with E-state index in [0.717, 1.165) is 5.56 Å². The number of rotatable bonds is 7. The van der Waals surface area contributed by atoms with Crippen LogP contribution in [0.5, 0.6) is 11.5 Å². The minimum absolute atomic E-state index is 0.135. The lowest BCUT2D eigenvalue weighted by molar-refractivity contribution is -0.112. The number of halogens is 4. The number of ether oxygens (including phenoxy) is 2. The molecule has 0 radical (unpaired) electrons. The van der Waals surface area contributed by atoms with Crippen molar-refractivity contribution in [2.24, 2.45) is 0 Å². The largest absolute Gasteiger partial charge is 0.493 e. The zero-order valence-electron chi connectivity index (χ0n) is 17.2. The van der Waals surface area contributed by atoms with E-state index in [1.807, 2.05) is 6.07 Å². The minimum atomic E-state index is -0.695. The quantitative estimate of drug-likeness (QED) is 0.279. The minimum Gasteiger partial charge on any atom is -0.493 e. The predicted molar refractivity (Wildman–Crippen MR) is 127 cm³/mol. The average Bonchev–Trinajstić information content (AvgIpc) is 2.79. The van der Waals surface area contributed by atoms with Gasteiger partial charge in [0.1, 0.15) is 24.1 Å². The summed E-state index contributed by atoms with van der Waals surface area (Å²) in [5.74, 6) is -0.479. The number of hydrogen-bond donors (Lipinski definition) is 1. The molecule has 0 heterocycles. The van der Waals surface area contributed by atoms with E-state index in [1.54, 1.807) is 36.4 Å². The lowest BCUT2D eigenvalue weighted by Gasteiger charge is -2.14. The van der Waals surface area contributed by atoms with Crippen molar-refractivity contribution in [3.8, 4) is 17.6 Å². The Bertz CT molecular complexity index is 1230. The van der Waals surface area contributed by atoms with Gasteiger partial charge < -0.3 is 14.8 Å². The molecule has 0 aliphatic rings. The first-order chi connectivity index (χ1) is 15.8. The van der Waals surface area contributed by atoms with Crippen LogP contribution in [0.25, 0.3) is 6.08 Å². The van der Waals surface area contributed by atoms with Gasteiger partial charge in [-0.1, -0.05) is 53.0 Å². The van der Waals surface area contributed by atoms with Crippen LogP contribution < -0.4 is 14.8 Å². The number of nitrogens with zero attached hydrogens (tertiary/aromatic N) is 1. The number of methoxy groups -OCH3 is 1. The molecule has 0 spiro atoms. The Balaban J connectivity index is 1.84. The third kappa shape index (κ3) is 6.17. The molecule has 0 aromatic heterocycles. The molecule has 0 bridgehead atoms. The van der Waals surface area contributed by atoms with Gasteiger partial charge in [-0.25, -0.2) is 4.39 Å². The fourth-order valence-corrected chi connectivity index (χ4v) is 3.58. The number of benzene rings is 3. The highest BCUT2D eigenvalue weighted by atomic mass is 35.5. The molecule has 1 N–H and O–H groups in total. The second kappa shape index (κ2) is 11.1. The van der Waals surface area contributed by atoms with Gasteiger partial charge in [0.2, 0.25) is 0 Å². The van der Waals surface area contributed by atoms with Crippen molar-refractivity contribution in [1.29, 1.82) is 5.26 Å². The van der Waals surface area contributed by atoms with E-state index in [2.05, 4.69) is 5.32 Å². The molecule has 9 heteroatoms. The van der Waals surface area contributed by atoms with Gasteiger partial charge in [-0.3, -0.25) is 4.79 Å². The standard InChI is InChI=1S/C24H16Cl3FN2O3/c1-32-21-11-15(10-20(27)23(21)33-13-14-5-7-17(28)8-6-14)9-16(12-29)24(31)30-22-18(25)3-2-4-19(22)26/h2-11H,13H2,1H3,(H,30,31)/b16-9+. The van der Waals surface area contributed by atoms with E-state index < -0.39 is 5.91 Å². The van der Waals surface area contributed by atoms with Crippen LogP contribution in [0.15, 0.2) is 60.2 Å². The SMILES string of the molecule is COc1cc(/C=C(\C#N)C(=O)Nc2c(Cl)cccc2Cl)cc(Cl)c1OCc1ccc(F)cc1. The summed E-state index contributed by atoms with van der Waals surface area (Å²) in [5, 5.41) is 12.7. The highest BCUT2D eigenvalue weighted by molar-refractivity contribution is 6.40. The van der Waals surface area contributed by atoms with E-state index >= 15 is 0 Å². The number of hydrogen-bond acceptors (Lipinski definition) is 4. The average molecular weight is 506 g/mol. The van der Waals surface area contributed by atoms with Crippen LogP contribution in [-0.2, 0) is 11.4 Å². The van der Waals surface area contributed by atoms with Crippen molar-refractivity contribution in [3.05, 3.63) is 92.2 Å². The summed E-state index contributed by atoms with van der Waals surface area (Å²) in [4.78, 5) is 12.6. The smallest absolute Gasteiger partial charge is 0.266 e. The Morgan fingerprint density at radius 1 is 1.09 bits per heavy atom. The fraction of sp³-hybridized carbons (Fsp3) is 0.0833. The molecule has 0 saturated heterocycles. The van der Waals surface area contributed by atoms with Crippen LogP contribution in [0.2, 0.25) is 15.1 Å². The van der Waals surface area contributed by atoms with Crippen molar-refractivity contribution in [2.75, 3.05) is 12.4 Å². The predicted octanol–water partition coefficient (Wildman–Crippen LogP) is 6.92. The zero-order valence-corrected chi connectivity index (χ0v) is 19.4. The molecule has 3 aromatic carbocycles. The first kappa shape index (κ1) is 24.4. The van der Waals surface area contributed by atoms with Crippen molar-refractivity contribution >= 4 is 52.5 Å². The maximum absolute atomic E-state index is 13.1. The second-order valence-electron chi connectivity index (χ2n) is 6.67. The topological polar surface area (TPSA) is 71.3 Å².